The van der Waals surface area contributed by atoms with Crippen molar-refractivity contribution in [1.82, 2.24) is 4.90 Å². The van der Waals surface area contributed by atoms with Gasteiger partial charge in [-0.15, -0.1) is 0 Å². The summed E-state index contributed by atoms with van der Waals surface area (Å²) >= 11 is 0. The molecule has 0 bridgehead atoms. The normalized spacial score (nSPS) is 21.2. The van der Waals surface area contributed by atoms with Crippen molar-refractivity contribution in [2.45, 2.75) is 32.1 Å². The zero-order chi connectivity index (χ0) is 16.8. The fraction of sp³-hybridized carbons (Fsp3) is 0.556. The van der Waals surface area contributed by atoms with E-state index in [1.807, 2.05) is 29.2 Å². The van der Waals surface area contributed by atoms with Crippen LogP contribution in [0.15, 0.2) is 24.3 Å². The largest absolute Gasteiger partial charge is 0.381 e. The lowest BCUT2D eigenvalue weighted by molar-refractivity contribution is -0.119. The number of anilines is 2. The number of rotatable bonds is 3. The van der Waals surface area contributed by atoms with Crippen LogP contribution in [0.5, 0.6) is 0 Å². The smallest absolute Gasteiger partial charge is 0.321 e. The molecule has 24 heavy (non-hydrogen) atoms. The average Bonchev–Trinajstić information content (AvgIpc) is 2.99. The van der Waals surface area contributed by atoms with Gasteiger partial charge in [0, 0.05) is 31.1 Å². The number of likely N-dealkylation sites (tertiary alicyclic amines) is 1. The van der Waals surface area contributed by atoms with Crippen molar-refractivity contribution in [2.75, 3.05) is 36.9 Å². The van der Waals surface area contributed by atoms with Gasteiger partial charge in [-0.3, -0.25) is 4.79 Å². The molecular formula is C18H25N3O3. The van der Waals surface area contributed by atoms with Crippen molar-refractivity contribution in [1.29, 1.82) is 0 Å². The summed E-state index contributed by atoms with van der Waals surface area (Å²) in [5, 5.41) is 5.82. The lowest BCUT2D eigenvalue weighted by Gasteiger charge is -2.20. The second-order valence-electron chi connectivity index (χ2n) is 6.46. The average molecular weight is 331 g/mol. The van der Waals surface area contributed by atoms with E-state index in [0.717, 1.165) is 43.7 Å². The molecule has 2 aliphatic heterocycles. The van der Waals surface area contributed by atoms with E-state index in [-0.39, 0.29) is 17.9 Å². The Balaban J connectivity index is 1.52. The lowest BCUT2D eigenvalue weighted by Crippen LogP contribution is -2.35. The Morgan fingerprint density at radius 3 is 2.17 bits per heavy atom. The lowest BCUT2D eigenvalue weighted by atomic mass is 10.1. The Bertz CT molecular complexity index is 559. The maximum atomic E-state index is 12.3. The molecule has 2 heterocycles. The summed E-state index contributed by atoms with van der Waals surface area (Å²) in [4.78, 5) is 26.2. The van der Waals surface area contributed by atoms with Gasteiger partial charge < -0.3 is 20.3 Å². The number of amides is 3. The molecule has 2 fully saturated rings. The van der Waals surface area contributed by atoms with E-state index in [0.29, 0.717) is 13.2 Å². The number of hydrogen-bond donors (Lipinski definition) is 2. The number of urea groups is 1. The predicted octanol–water partition coefficient (Wildman–Crippen LogP) is 3.07. The summed E-state index contributed by atoms with van der Waals surface area (Å²) in [6, 6.07) is 7.21. The summed E-state index contributed by atoms with van der Waals surface area (Å²) in [6.07, 6.45) is 5.32. The van der Waals surface area contributed by atoms with E-state index < -0.39 is 0 Å². The van der Waals surface area contributed by atoms with Crippen LogP contribution in [-0.2, 0) is 9.53 Å². The first-order valence-corrected chi connectivity index (χ1v) is 8.77. The van der Waals surface area contributed by atoms with Crippen LogP contribution in [-0.4, -0.2) is 43.1 Å². The third-order valence-corrected chi connectivity index (χ3v) is 4.60. The van der Waals surface area contributed by atoms with Gasteiger partial charge in [0.05, 0.1) is 12.5 Å². The Hall–Kier alpha value is -2.08. The zero-order valence-corrected chi connectivity index (χ0v) is 13.9. The van der Waals surface area contributed by atoms with Gasteiger partial charge in [-0.2, -0.15) is 0 Å². The van der Waals surface area contributed by atoms with E-state index in [4.69, 9.17) is 4.74 Å². The first kappa shape index (κ1) is 16.8. The van der Waals surface area contributed by atoms with Crippen LogP contribution in [0, 0.1) is 5.92 Å². The summed E-state index contributed by atoms with van der Waals surface area (Å²) in [5.74, 6) is -0.0683. The summed E-state index contributed by atoms with van der Waals surface area (Å²) in [7, 11) is 0. The van der Waals surface area contributed by atoms with Crippen molar-refractivity contribution in [3.8, 4) is 0 Å². The first-order chi connectivity index (χ1) is 11.7. The fourth-order valence-electron chi connectivity index (χ4n) is 3.10. The third kappa shape index (κ3) is 4.47. The van der Waals surface area contributed by atoms with Gasteiger partial charge in [-0.25, -0.2) is 4.79 Å². The number of nitrogens with one attached hydrogen (secondary N) is 2. The SMILES string of the molecule is O=C(Nc1ccc(NC(=O)N2CCCCCC2)cc1)C1CCOC1. The summed E-state index contributed by atoms with van der Waals surface area (Å²) in [5.41, 5.74) is 1.48. The van der Waals surface area contributed by atoms with E-state index in [1.165, 1.54) is 12.8 Å². The Morgan fingerprint density at radius 2 is 1.58 bits per heavy atom. The third-order valence-electron chi connectivity index (χ3n) is 4.60. The number of carbonyl (C=O) groups is 2. The minimum absolute atomic E-state index is 0.00569. The Kier molecular flexibility index (Phi) is 5.69. The molecule has 3 rings (SSSR count). The number of ether oxygens (including phenoxy) is 1. The molecule has 0 aromatic heterocycles. The van der Waals surface area contributed by atoms with Crippen LogP contribution in [0.4, 0.5) is 16.2 Å². The van der Waals surface area contributed by atoms with Gasteiger partial charge in [-0.1, -0.05) is 12.8 Å². The van der Waals surface area contributed by atoms with Crippen LogP contribution < -0.4 is 10.6 Å². The van der Waals surface area contributed by atoms with Crippen molar-refractivity contribution < 1.29 is 14.3 Å². The molecular weight excluding hydrogens is 306 g/mol. The zero-order valence-electron chi connectivity index (χ0n) is 13.9. The number of carbonyl (C=O) groups excluding carboxylic acids is 2. The fourth-order valence-corrected chi connectivity index (χ4v) is 3.10. The van der Waals surface area contributed by atoms with Gasteiger partial charge in [-0.05, 0) is 43.5 Å². The molecule has 2 N–H and O–H groups in total. The van der Waals surface area contributed by atoms with Crippen molar-refractivity contribution in [2.24, 2.45) is 5.92 Å². The van der Waals surface area contributed by atoms with Gasteiger partial charge >= 0.3 is 6.03 Å². The summed E-state index contributed by atoms with van der Waals surface area (Å²) < 4.78 is 5.23. The molecule has 1 unspecified atom stereocenters. The summed E-state index contributed by atoms with van der Waals surface area (Å²) in [6.45, 7) is 2.79. The molecule has 0 saturated carbocycles. The minimum Gasteiger partial charge on any atom is -0.381 e. The quantitative estimate of drug-likeness (QED) is 0.894. The van der Waals surface area contributed by atoms with E-state index in [1.54, 1.807) is 0 Å². The molecule has 130 valence electrons. The van der Waals surface area contributed by atoms with Crippen LogP contribution in [0.3, 0.4) is 0 Å². The van der Waals surface area contributed by atoms with Gasteiger partial charge in [0.2, 0.25) is 5.91 Å². The Labute approximate surface area is 142 Å². The topological polar surface area (TPSA) is 70.7 Å². The van der Waals surface area contributed by atoms with Crippen LogP contribution in [0.2, 0.25) is 0 Å². The highest BCUT2D eigenvalue weighted by Gasteiger charge is 2.23. The molecule has 0 radical (unpaired) electrons. The van der Waals surface area contributed by atoms with E-state index in [9.17, 15) is 9.59 Å². The van der Waals surface area contributed by atoms with Crippen LogP contribution in [0.25, 0.3) is 0 Å². The minimum atomic E-state index is -0.0626. The molecule has 2 aliphatic rings. The van der Waals surface area contributed by atoms with Crippen LogP contribution >= 0.6 is 0 Å². The molecule has 2 saturated heterocycles. The maximum absolute atomic E-state index is 12.3. The molecule has 6 nitrogen and oxygen atoms in total. The van der Waals surface area contributed by atoms with E-state index in [2.05, 4.69) is 10.6 Å². The highest BCUT2D eigenvalue weighted by Crippen LogP contribution is 2.18. The van der Waals surface area contributed by atoms with Crippen molar-refractivity contribution >= 4 is 23.3 Å². The van der Waals surface area contributed by atoms with E-state index >= 15 is 0 Å². The number of nitrogens with zero attached hydrogens (tertiary/aromatic N) is 1. The van der Waals surface area contributed by atoms with Crippen molar-refractivity contribution in [3.05, 3.63) is 24.3 Å². The number of benzene rings is 1. The van der Waals surface area contributed by atoms with Crippen LogP contribution in [0.1, 0.15) is 32.1 Å². The Morgan fingerprint density at radius 1 is 0.958 bits per heavy atom. The molecule has 0 aliphatic carbocycles. The molecule has 0 spiro atoms. The second kappa shape index (κ2) is 8.15. The first-order valence-electron chi connectivity index (χ1n) is 8.77. The monoisotopic (exact) mass is 331 g/mol. The van der Waals surface area contributed by atoms with Crippen molar-refractivity contribution in [3.63, 3.8) is 0 Å². The second-order valence-corrected chi connectivity index (χ2v) is 6.46. The standard InChI is InChI=1S/C18H25N3O3/c22-17(14-9-12-24-13-14)19-15-5-7-16(8-6-15)20-18(23)21-10-3-1-2-4-11-21/h5-8,14H,1-4,9-13H2,(H,19,22)(H,20,23). The molecule has 1 aromatic rings. The molecule has 1 atom stereocenters. The molecule has 1 aromatic carbocycles. The molecule has 3 amide bonds. The van der Waals surface area contributed by atoms with Gasteiger partial charge in [0.15, 0.2) is 0 Å². The number of hydrogen-bond acceptors (Lipinski definition) is 3. The highest BCUT2D eigenvalue weighted by atomic mass is 16.5. The highest BCUT2D eigenvalue weighted by molar-refractivity contribution is 5.93. The predicted molar refractivity (Wildman–Crippen MR) is 93.1 cm³/mol. The van der Waals surface area contributed by atoms with Gasteiger partial charge in [0.1, 0.15) is 0 Å². The van der Waals surface area contributed by atoms with Gasteiger partial charge in [0.25, 0.3) is 0 Å². The maximum Gasteiger partial charge on any atom is 0.321 e. The molecule has 6 heteroatoms.